The lowest BCUT2D eigenvalue weighted by atomic mass is 10.0. The maximum atomic E-state index is 12.6. The molecule has 37 heavy (non-hydrogen) atoms. The average molecular weight is 777 g/mol. The highest BCUT2D eigenvalue weighted by Gasteiger charge is 2.54. The van der Waals surface area contributed by atoms with Gasteiger partial charge in [0.2, 0.25) is 6.41 Å². The summed E-state index contributed by atoms with van der Waals surface area (Å²) in [5.41, 5.74) is 0.375. The Balaban J connectivity index is 1.50. The predicted molar refractivity (Wildman–Crippen MR) is 147 cm³/mol. The van der Waals surface area contributed by atoms with Crippen LogP contribution in [0.15, 0.2) is 47.2 Å². The fraction of sp³-hybridized carbons (Fsp3) is 0.409. The zero-order valence-electron chi connectivity index (χ0n) is 19.3. The number of hydrogen-bond donors (Lipinski definition) is 4. The summed E-state index contributed by atoms with van der Waals surface area (Å²) in [4.78, 5) is 28.4. The van der Waals surface area contributed by atoms with Gasteiger partial charge in [0.05, 0.1) is 39.7 Å². The lowest BCUT2D eigenvalue weighted by Gasteiger charge is -2.27. The number of aliphatic hydroxyl groups is 2. The second-order valence-electron chi connectivity index (χ2n) is 7.79. The van der Waals surface area contributed by atoms with Crippen LogP contribution in [0.2, 0.25) is 0 Å². The van der Waals surface area contributed by atoms with Gasteiger partial charge in [0.1, 0.15) is 17.8 Å². The molecule has 2 aliphatic heterocycles. The standard InChI is InChI=1S/C22H23Br4N3O8/c1-34-18-14(25)7-22(36-9-15(18)26)20(32)17(29-37-22)21(33)28-3-2-4-35-19-12(23)5-11(6-13(19)24)16(31)8-27-10-30/h5-6,9-10,16,20,31-32H,2-4,7-8H2,1H3,(H,27,30)(H,28,33)/t16-,20+,22+/m0/s1. The van der Waals surface area contributed by atoms with E-state index in [4.69, 9.17) is 19.0 Å². The highest BCUT2D eigenvalue weighted by atomic mass is 79.9. The minimum atomic E-state index is -1.62. The van der Waals surface area contributed by atoms with Crippen molar-refractivity contribution in [2.45, 2.75) is 30.8 Å². The van der Waals surface area contributed by atoms with E-state index in [0.29, 0.717) is 47.8 Å². The smallest absolute Gasteiger partial charge is 0.311 e. The Morgan fingerprint density at radius 3 is 2.68 bits per heavy atom. The number of ether oxygens (including phenoxy) is 3. The molecule has 0 saturated heterocycles. The van der Waals surface area contributed by atoms with Crippen LogP contribution in [0.4, 0.5) is 0 Å². The minimum absolute atomic E-state index is 0.0459. The molecule has 11 nitrogen and oxygen atoms in total. The summed E-state index contributed by atoms with van der Waals surface area (Å²) in [5, 5.41) is 29.8. The van der Waals surface area contributed by atoms with Gasteiger partial charge in [-0.05, 0) is 71.9 Å². The molecule has 15 heteroatoms. The first-order valence-electron chi connectivity index (χ1n) is 10.8. The summed E-state index contributed by atoms with van der Waals surface area (Å²) < 4.78 is 19.0. The molecule has 0 fully saturated rings. The maximum absolute atomic E-state index is 12.6. The summed E-state index contributed by atoms with van der Waals surface area (Å²) in [6.07, 6.45) is 0.000404. The fourth-order valence-corrected chi connectivity index (χ4v) is 6.40. The number of nitrogens with one attached hydrogen (secondary N) is 2. The maximum Gasteiger partial charge on any atom is 0.311 e. The summed E-state index contributed by atoms with van der Waals surface area (Å²) in [6, 6.07) is 3.39. The van der Waals surface area contributed by atoms with Crippen LogP contribution in [-0.2, 0) is 23.9 Å². The number of nitrogens with zero attached hydrogens (tertiary/aromatic N) is 1. The van der Waals surface area contributed by atoms with E-state index < -0.39 is 23.9 Å². The van der Waals surface area contributed by atoms with E-state index in [1.54, 1.807) is 12.1 Å². The molecule has 4 N–H and O–H groups in total. The largest absolute Gasteiger partial charge is 0.495 e. The SMILES string of the molecule is COC1=C(Br)C[C@@]2(OC=C1Br)ON=C(C(=O)NCCCOc1c(Br)cc([C@@H](O)CNC=O)cc1Br)[C@H]2O. The summed E-state index contributed by atoms with van der Waals surface area (Å²) in [5.74, 6) is -1.23. The Morgan fingerprint density at radius 2 is 2.03 bits per heavy atom. The number of aliphatic hydroxyl groups excluding tert-OH is 2. The molecule has 0 unspecified atom stereocenters. The van der Waals surface area contributed by atoms with E-state index in [-0.39, 0.29) is 31.8 Å². The zero-order chi connectivity index (χ0) is 27.2. The van der Waals surface area contributed by atoms with Crippen LogP contribution in [0.3, 0.4) is 0 Å². The van der Waals surface area contributed by atoms with E-state index in [2.05, 4.69) is 79.5 Å². The normalized spacial score (nSPS) is 21.8. The van der Waals surface area contributed by atoms with Crippen molar-refractivity contribution in [2.75, 3.05) is 26.8 Å². The molecular weight excluding hydrogens is 754 g/mol. The number of halogens is 4. The zero-order valence-corrected chi connectivity index (χ0v) is 25.6. The predicted octanol–water partition coefficient (Wildman–Crippen LogP) is 3.23. The summed E-state index contributed by atoms with van der Waals surface area (Å²) in [7, 11) is 1.49. The quantitative estimate of drug-likeness (QED) is 0.198. The minimum Gasteiger partial charge on any atom is -0.495 e. The van der Waals surface area contributed by atoms with Crippen LogP contribution in [-0.4, -0.2) is 66.9 Å². The molecule has 2 amide bonds. The monoisotopic (exact) mass is 773 g/mol. The van der Waals surface area contributed by atoms with Crippen molar-refractivity contribution in [2.24, 2.45) is 5.16 Å². The second-order valence-corrected chi connectivity index (χ2v) is 11.3. The number of carbonyl (C=O) groups excluding carboxylic acids is 2. The van der Waals surface area contributed by atoms with Crippen molar-refractivity contribution >= 4 is 81.7 Å². The number of oxime groups is 1. The number of rotatable bonds is 11. The molecule has 1 spiro atoms. The molecule has 2 heterocycles. The van der Waals surface area contributed by atoms with Gasteiger partial charge in [0.15, 0.2) is 11.8 Å². The van der Waals surface area contributed by atoms with Gasteiger partial charge in [-0.25, -0.2) is 0 Å². The Hall–Kier alpha value is -1.65. The second kappa shape index (κ2) is 13.4. The first kappa shape index (κ1) is 29.9. The third-order valence-corrected chi connectivity index (χ3v) is 7.66. The van der Waals surface area contributed by atoms with Crippen LogP contribution in [0.5, 0.6) is 5.75 Å². The summed E-state index contributed by atoms with van der Waals surface area (Å²) >= 11 is 13.6. The van der Waals surface area contributed by atoms with Crippen molar-refractivity contribution in [3.63, 3.8) is 0 Å². The third kappa shape index (κ3) is 7.06. The molecule has 0 saturated carbocycles. The van der Waals surface area contributed by atoms with Crippen molar-refractivity contribution in [1.82, 2.24) is 10.6 Å². The van der Waals surface area contributed by atoms with Crippen molar-refractivity contribution in [3.8, 4) is 5.75 Å². The first-order chi connectivity index (χ1) is 17.6. The van der Waals surface area contributed by atoms with Gasteiger partial charge < -0.3 is 39.9 Å². The van der Waals surface area contributed by atoms with Crippen molar-refractivity contribution in [1.29, 1.82) is 0 Å². The number of amides is 2. The van der Waals surface area contributed by atoms with Gasteiger partial charge in [0.25, 0.3) is 5.91 Å². The number of hydrogen-bond acceptors (Lipinski definition) is 9. The van der Waals surface area contributed by atoms with Gasteiger partial charge in [-0.2, -0.15) is 0 Å². The first-order valence-corrected chi connectivity index (χ1v) is 14.0. The van der Waals surface area contributed by atoms with E-state index in [0.717, 1.165) is 0 Å². The molecule has 1 aromatic carbocycles. The van der Waals surface area contributed by atoms with Crippen LogP contribution < -0.4 is 15.4 Å². The van der Waals surface area contributed by atoms with E-state index >= 15 is 0 Å². The van der Waals surface area contributed by atoms with Gasteiger partial charge in [-0.1, -0.05) is 21.1 Å². The van der Waals surface area contributed by atoms with Crippen LogP contribution in [0, 0.1) is 0 Å². The third-order valence-electron chi connectivity index (χ3n) is 5.29. The molecule has 2 aliphatic rings. The highest BCUT2D eigenvalue weighted by Crippen LogP contribution is 2.41. The van der Waals surface area contributed by atoms with Crippen LogP contribution in [0.25, 0.3) is 0 Å². The number of benzene rings is 1. The van der Waals surface area contributed by atoms with Gasteiger partial charge in [-0.3, -0.25) is 9.59 Å². The molecule has 0 bridgehead atoms. The average Bonchev–Trinajstić information content (AvgIpc) is 3.11. The molecule has 0 aromatic heterocycles. The molecule has 0 aliphatic carbocycles. The Labute approximate surface area is 246 Å². The van der Waals surface area contributed by atoms with E-state index in [9.17, 15) is 19.8 Å². The van der Waals surface area contributed by atoms with E-state index in [1.807, 2.05) is 0 Å². The molecular formula is C22H23Br4N3O8. The lowest BCUT2D eigenvalue weighted by Crippen LogP contribution is -2.49. The molecule has 0 radical (unpaired) electrons. The Morgan fingerprint density at radius 1 is 1.32 bits per heavy atom. The highest BCUT2D eigenvalue weighted by molar-refractivity contribution is 9.12. The molecule has 3 atom stereocenters. The van der Waals surface area contributed by atoms with Gasteiger partial charge in [0, 0.05) is 17.6 Å². The number of allylic oxidation sites excluding steroid dienone is 1. The number of methoxy groups -OCH3 is 1. The van der Waals surface area contributed by atoms with Crippen LogP contribution in [0.1, 0.15) is 24.5 Å². The lowest BCUT2D eigenvalue weighted by molar-refractivity contribution is -0.225. The topological polar surface area (TPSA) is 148 Å². The fourth-order valence-electron chi connectivity index (χ4n) is 3.42. The molecule has 1 aromatic rings. The number of carbonyl (C=O) groups is 2. The van der Waals surface area contributed by atoms with E-state index in [1.165, 1.54) is 13.4 Å². The molecule has 202 valence electrons. The van der Waals surface area contributed by atoms with Crippen molar-refractivity contribution in [3.05, 3.63) is 47.6 Å². The van der Waals surface area contributed by atoms with Gasteiger partial charge in [-0.15, -0.1) is 0 Å². The Kier molecular flexibility index (Phi) is 10.8. The Bertz CT molecular complexity index is 1110. The van der Waals surface area contributed by atoms with Gasteiger partial charge >= 0.3 is 5.79 Å². The van der Waals surface area contributed by atoms with Crippen LogP contribution >= 0.6 is 63.7 Å². The molecule has 3 rings (SSSR count). The summed E-state index contributed by atoms with van der Waals surface area (Å²) in [6.45, 7) is 0.586. The van der Waals surface area contributed by atoms with Crippen molar-refractivity contribution < 1.29 is 38.9 Å².